The third-order valence-corrected chi connectivity index (χ3v) is 4.67. The number of ether oxygens (including phenoxy) is 2. The molecule has 0 saturated carbocycles. The number of halogens is 2. The van der Waals surface area contributed by atoms with Crippen LogP contribution in [-0.4, -0.2) is 11.8 Å². The first-order valence-electron chi connectivity index (χ1n) is 8.73. The van der Waals surface area contributed by atoms with Crippen LogP contribution in [-0.2, 0) is 0 Å². The van der Waals surface area contributed by atoms with E-state index in [0.717, 1.165) is 5.56 Å². The molecule has 144 valence electrons. The Morgan fingerprint density at radius 1 is 1.10 bits per heavy atom. The average Bonchev–Trinajstić information content (AvgIpc) is 2.99. The van der Waals surface area contributed by atoms with Gasteiger partial charge in [-0.2, -0.15) is 0 Å². The van der Waals surface area contributed by atoms with Crippen LogP contribution in [0.25, 0.3) is 6.08 Å². The van der Waals surface area contributed by atoms with Crippen LogP contribution >= 0.6 is 11.6 Å². The number of aryl methyl sites for hydroxylation is 1. The summed E-state index contributed by atoms with van der Waals surface area (Å²) in [6.45, 7) is 1.71. The van der Waals surface area contributed by atoms with Gasteiger partial charge in [-0.05, 0) is 54.5 Å². The number of carbonyl (C=O) groups excluding carboxylic acids is 2. The van der Waals surface area contributed by atoms with Crippen molar-refractivity contribution in [2.75, 3.05) is 0 Å². The number of esters is 1. The van der Waals surface area contributed by atoms with Crippen LogP contribution in [0.3, 0.4) is 0 Å². The maximum atomic E-state index is 13.8. The summed E-state index contributed by atoms with van der Waals surface area (Å²) in [6, 6.07) is 15.5. The fourth-order valence-electron chi connectivity index (χ4n) is 3.04. The summed E-state index contributed by atoms with van der Waals surface area (Å²) in [5.41, 5.74) is 1.57. The molecule has 0 amide bonds. The van der Waals surface area contributed by atoms with Gasteiger partial charge in [0, 0.05) is 11.1 Å². The molecule has 1 aliphatic heterocycles. The number of carbonyl (C=O) groups is 2. The Hall–Kier alpha value is -3.44. The van der Waals surface area contributed by atoms with Crippen molar-refractivity contribution in [1.29, 1.82) is 0 Å². The van der Waals surface area contributed by atoms with Gasteiger partial charge in [-0.1, -0.05) is 35.9 Å². The second-order valence-corrected chi connectivity index (χ2v) is 6.91. The van der Waals surface area contributed by atoms with E-state index in [-0.39, 0.29) is 28.6 Å². The van der Waals surface area contributed by atoms with E-state index in [0.29, 0.717) is 16.1 Å². The van der Waals surface area contributed by atoms with Crippen LogP contribution < -0.4 is 9.47 Å². The summed E-state index contributed by atoms with van der Waals surface area (Å²) in [5.74, 6) is -1.16. The molecule has 29 heavy (non-hydrogen) atoms. The van der Waals surface area contributed by atoms with Crippen LogP contribution in [0.4, 0.5) is 4.39 Å². The van der Waals surface area contributed by atoms with E-state index in [4.69, 9.17) is 21.1 Å². The number of hydrogen-bond donors (Lipinski definition) is 0. The Bertz CT molecular complexity index is 1170. The lowest BCUT2D eigenvalue weighted by molar-refractivity contribution is 0.0729. The van der Waals surface area contributed by atoms with Crippen molar-refractivity contribution in [1.82, 2.24) is 0 Å². The molecule has 0 N–H and O–H groups in total. The number of Topliss-reactive ketones (excluding diaryl/α,β-unsaturated/α-hetero) is 1. The molecule has 0 fully saturated rings. The monoisotopic (exact) mass is 408 g/mol. The molecule has 0 bridgehead atoms. The summed E-state index contributed by atoms with van der Waals surface area (Å²) in [4.78, 5) is 25.0. The molecule has 0 radical (unpaired) electrons. The third kappa shape index (κ3) is 3.77. The number of rotatable bonds is 3. The largest absolute Gasteiger partial charge is 0.452 e. The highest BCUT2D eigenvalue weighted by molar-refractivity contribution is 6.30. The molecule has 4 rings (SSSR count). The Kier molecular flexibility index (Phi) is 4.91. The maximum absolute atomic E-state index is 13.8. The number of hydrogen-bond acceptors (Lipinski definition) is 4. The van der Waals surface area contributed by atoms with Crippen LogP contribution in [0.1, 0.15) is 31.8 Å². The molecule has 0 atom stereocenters. The first kappa shape index (κ1) is 18.9. The highest BCUT2D eigenvalue weighted by Crippen LogP contribution is 2.37. The van der Waals surface area contributed by atoms with Crippen molar-refractivity contribution in [3.05, 3.63) is 99.5 Å². The fourth-order valence-corrected chi connectivity index (χ4v) is 3.16. The molecule has 3 aromatic carbocycles. The molecular formula is C23H14ClFO4. The quantitative estimate of drug-likeness (QED) is 0.320. The van der Waals surface area contributed by atoms with Crippen molar-refractivity contribution < 1.29 is 23.5 Å². The van der Waals surface area contributed by atoms with E-state index in [1.165, 1.54) is 24.3 Å². The topological polar surface area (TPSA) is 52.6 Å². The lowest BCUT2D eigenvalue weighted by atomic mass is 10.0. The minimum Gasteiger partial charge on any atom is -0.452 e. The van der Waals surface area contributed by atoms with Crippen molar-refractivity contribution in [3.8, 4) is 11.5 Å². The Balaban J connectivity index is 1.62. The highest BCUT2D eigenvalue weighted by atomic mass is 35.5. The van der Waals surface area contributed by atoms with E-state index in [1.807, 2.05) is 0 Å². The molecule has 0 unspecified atom stereocenters. The molecular weight excluding hydrogens is 395 g/mol. The van der Waals surface area contributed by atoms with Gasteiger partial charge in [-0.3, -0.25) is 4.79 Å². The normalized spacial score (nSPS) is 13.9. The van der Waals surface area contributed by atoms with Crippen molar-refractivity contribution in [2.45, 2.75) is 6.92 Å². The number of allylic oxidation sites excluding steroid dienone is 1. The third-order valence-electron chi connectivity index (χ3n) is 4.42. The standard InChI is InChI=1S/C23H14ClFO4/c1-13-10-16(28-23(27)17-4-2-3-5-18(17)25)12-19-21(13)22(26)20(29-19)11-14-6-8-15(24)9-7-14/h2-12H,1H3/b20-11-. The highest BCUT2D eigenvalue weighted by Gasteiger charge is 2.30. The first-order valence-corrected chi connectivity index (χ1v) is 9.11. The van der Waals surface area contributed by atoms with Gasteiger partial charge in [0.1, 0.15) is 17.3 Å². The van der Waals surface area contributed by atoms with Gasteiger partial charge in [-0.15, -0.1) is 0 Å². The summed E-state index contributed by atoms with van der Waals surface area (Å²) in [7, 11) is 0. The second-order valence-electron chi connectivity index (χ2n) is 6.47. The molecule has 3 aromatic rings. The van der Waals surface area contributed by atoms with Crippen molar-refractivity contribution in [3.63, 3.8) is 0 Å². The van der Waals surface area contributed by atoms with Gasteiger partial charge >= 0.3 is 5.97 Å². The fraction of sp³-hybridized carbons (Fsp3) is 0.0435. The van der Waals surface area contributed by atoms with Crippen LogP contribution in [0, 0.1) is 12.7 Å². The minimum atomic E-state index is -0.830. The minimum absolute atomic E-state index is 0.156. The molecule has 1 aliphatic rings. The molecule has 0 aromatic heterocycles. The molecule has 4 nitrogen and oxygen atoms in total. The Morgan fingerprint density at radius 2 is 1.83 bits per heavy atom. The van der Waals surface area contributed by atoms with Crippen LogP contribution in [0.15, 0.2) is 66.4 Å². The zero-order valence-electron chi connectivity index (χ0n) is 15.2. The predicted octanol–water partition coefficient (Wildman–Crippen LogP) is 5.62. The molecule has 0 aliphatic carbocycles. The molecule has 0 spiro atoms. The Labute approximate surface area is 171 Å². The van der Waals surface area contributed by atoms with Gasteiger partial charge < -0.3 is 9.47 Å². The van der Waals surface area contributed by atoms with E-state index >= 15 is 0 Å². The Morgan fingerprint density at radius 3 is 2.55 bits per heavy atom. The number of benzene rings is 3. The lowest BCUT2D eigenvalue weighted by Crippen LogP contribution is -2.10. The summed E-state index contributed by atoms with van der Waals surface area (Å²) in [5, 5.41) is 0.589. The zero-order chi connectivity index (χ0) is 20.5. The molecule has 0 saturated heterocycles. The van der Waals surface area contributed by atoms with E-state index in [2.05, 4.69) is 0 Å². The van der Waals surface area contributed by atoms with Gasteiger partial charge in [0.05, 0.1) is 11.1 Å². The van der Waals surface area contributed by atoms with Gasteiger partial charge in [0.25, 0.3) is 0 Å². The lowest BCUT2D eigenvalue weighted by Gasteiger charge is -2.08. The number of fused-ring (bicyclic) bond motifs is 1. The van der Waals surface area contributed by atoms with Gasteiger partial charge in [-0.25, -0.2) is 9.18 Å². The average molecular weight is 409 g/mol. The summed E-state index contributed by atoms with van der Waals surface area (Å²) < 4.78 is 24.8. The van der Waals surface area contributed by atoms with Gasteiger partial charge in [0.15, 0.2) is 5.76 Å². The van der Waals surface area contributed by atoms with Gasteiger partial charge in [0.2, 0.25) is 5.78 Å². The van der Waals surface area contributed by atoms with Crippen LogP contribution in [0.5, 0.6) is 11.5 Å². The van der Waals surface area contributed by atoms with Crippen molar-refractivity contribution >= 4 is 29.4 Å². The van der Waals surface area contributed by atoms with E-state index in [1.54, 1.807) is 49.4 Å². The second kappa shape index (κ2) is 7.53. The van der Waals surface area contributed by atoms with E-state index in [9.17, 15) is 14.0 Å². The predicted molar refractivity (Wildman–Crippen MR) is 107 cm³/mol. The van der Waals surface area contributed by atoms with Crippen LogP contribution in [0.2, 0.25) is 5.02 Å². The van der Waals surface area contributed by atoms with Crippen molar-refractivity contribution in [2.24, 2.45) is 0 Å². The maximum Gasteiger partial charge on any atom is 0.346 e. The van der Waals surface area contributed by atoms with E-state index < -0.39 is 11.8 Å². The molecule has 1 heterocycles. The number of ketones is 1. The zero-order valence-corrected chi connectivity index (χ0v) is 16.0. The SMILES string of the molecule is Cc1cc(OC(=O)c2ccccc2F)cc2c1C(=O)/C(=C/c1ccc(Cl)cc1)O2. The summed E-state index contributed by atoms with van der Waals surface area (Å²) in [6.07, 6.45) is 1.61. The molecule has 6 heteroatoms. The smallest absolute Gasteiger partial charge is 0.346 e. The summed E-state index contributed by atoms with van der Waals surface area (Å²) >= 11 is 5.88. The first-order chi connectivity index (χ1) is 13.9.